The average Bonchev–Trinajstić information content (AvgIpc) is 0. The summed E-state index contributed by atoms with van der Waals surface area (Å²) in [6.07, 6.45) is 0. The van der Waals surface area contributed by atoms with E-state index in [0.29, 0.717) is 0 Å². The Morgan fingerprint density at radius 3 is 0.750 bits per heavy atom. The minimum atomic E-state index is 0. The minimum absolute atomic E-state index is 0. The molecule has 0 fully saturated rings. The van der Waals surface area contributed by atoms with Crippen molar-refractivity contribution in [1.29, 1.82) is 0 Å². The summed E-state index contributed by atoms with van der Waals surface area (Å²) in [5.74, 6) is 0. The van der Waals surface area contributed by atoms with Crippen LogP contribution in [-0.2, 0) is 0 Å². The molecule has 0 aromatic rings. The zero-order valence-electron chi connectivity index (χ0n) is 2.33. The maximum atomic E-state index is 0. The van der Waals surface area contributed by atoms with E-state index in [2.05, 4.69) is 0 Å². The molecule has 0 nitrogen and oxygen atoms in total. The van der Waals surface area contributed by atoms with Gasteiger partial charge in [-0.2, -0.15) is 0 Å². The molecule has 0 heterocycles. The Bertz CT molecular complexity index is 6.00. The maximum Gasteiger partial charge on any atom is 3.00 e. The third-order valence-corrected chi connectivity index (χ3v) is 0. The second kappa shape index (κ2) is 32.2. The average molecular weight is 113 g/mol. The summed E-state index contributed by atoms with van der Waals surface area (Å²) in [6.45, 7) is 0. The first kappa shape index (κ1) is 69.9. The molecule has 0 saturated heterocycles. The van der Waals surface area contributed by atoms with Crippen molar-refractivity contribution in [2.45, 2.75) is 0 Å². The first-order valence-corrected chi connectivity index (χ1v) is 0. The molecule has 0 amide bonds. The fourth-order valence-electron chi connectivity index (χ4n) is 0. The van der Waals surface area contributed by atoms with Crippen LogP contribution in [0.4, 0.5) is 0 Å². The molecule has 0 aromatic heterocycles. The Hall–Kier alpha value is 1.11. The third-order valence-electron chi connectivity index (χ3n) is 0. The van der Waals surface area contributed by atoms with Crippen molar-refractivity contribution in [3.05, 3.63) is 7.43 Å². The molecule has 0 aromatic carbocycles. The van der Waals surface area contributed by atoms with Gasteiger partial charge >= 0.3 is 17.4 Å². The quantitative estimate of drug-likeness (QED) is 0.217. The first-order valence-electron chi connectivity index (χ1n) is 0. The molecule has 0 aliphatic heterocycles. The summed E-state index contributed by atoms with van der Waals surface area (Å²) in [7, 11) is 0. The van der Waals surface area contributed by atoms with Gasteiger partial charge in [-0.25, -0.2) is 0 Å². The van der Waals surface area contributed by atoms with E-state index in [0.717, 1.165) is 0 Å². The Balaban J connectivity index is 0. The van der Waals surface area contributed by atoms with Crippen molar-refractivity contribution < 1.29 is 24.8 Å². The van der Waals surface area contributed by atoms with Crippen LogP contribution in [0.25, 0.3) is 0 Å². The molecule has 0 atom stereocenters. The van der Waals surface area contributed by atoms with Crippen LogP contribution in [-0.4, -0.2) is 17.4 Å². The van der Waals surface area contributed by atoms with Gasteiger partial charge in [0.2, 0.25) is 0 Å². The monoisotopic (exact) mass is 112 g/mol. The van der Waals surface area contributed by atoms with Crippen LogP contribution in [0.5, 0.6) is 0 Å². The van der Waals surface area contributed by atoms with Gasteiger partial charge in [0.1, 0.15) is 0 Å². The van der Waals surface area contributed by atoms with Crippen molar-refractivity contribution in [2.24, 2.45) is 0 Å². The molecular formula is CH3AlCl2. The molecule has 3 heteroatoms. The van der Waals surface area contributed by atoms with Crippen molar-refractivity contribution in [1.82, 2.24) is 0 Å². The zero-order chi connectivity index (χ0) is 0. The largest absolute Gasteiger partial charge is 3.00 e. The van der Waals surface area contributed by atoms with E-state index in [1.807, 2.05) is 0 Å². The Labute approximate surface area is 49.9 Å². The predicted molar refractivity (Wildman–Crippen MR) is 12.2 cm³/mol. The Kier molecular flexibility index (Phi) is 562. The molecule has 0 spiro atoms. The standard InChI is InChI=1S/CH3.Al.2ClH/h1H3;;2*1H/q-1;+3;;/p-2. The van der Waals surface area contributed by atoms with Crippen LogP contribution >= 0.6 is 0 Å². The van der Waals surface area contributed by atoms with Crippen molar-refractivity contribution in [2.75, 3.05) is 0 Å². The van der Waals surface area contributed by atoms with E-state index in [1.54, 1.807) is 0 Å². The molecular weight excluding hydrogens is 110 g/mol. The van der Waals surface area contributed by atoms with Crippen molar-refractivity contribution >= 4 is 17.4 Å². The van der Waals surface area contributed by atoms with Gasteiger partial charge in [0.15, 0.2) is 0 Å². The molecule has 0 unspecified atom stereocenters. The van der Waals surface area contributed by atoms with Gasteiger partial charge < -0.3 is 32.2 Å². The maximum absolute atomic E-state index is 0. The molecule has 0 bridgehead atoms. The van der Waals surface area contributed by atoms with Crippen LogP contribution in [0.3, 0.4) is 0 Å². The summed E-state index contributed by atoms with van der Waals surface area (Å²) >= 11 is 0. The van der Waals surface area contributed by atoms with Crippen molar-refractivity contribution in [3.8, 4) is 0 Å². The number of halogens is 2. The molecule has 0 radical (unpaired) electrons. The fourth-order valence-corrected chi connectivity index (χ4v) is 0. The number of hydrogen-bond acceptors (Lipinski definition) is 0. The molecule has 0 aliphatic rings. The third kappa shape index (κ3) is 11.2. The van der Waals surface area contributed by atoms with Crippen LogP contribution in [0.2, 0.25) is 0 Å². The summed E-state index contributed by atoms with van der Waals surface area (Å²) in [5, 5.41) is 0. The predicted octanol–water partition coefficient (Wildman–Crippen LogP) is -5.92. The van der Waals surface area contributed by atoms with E-state index in [1.165, 1.54) is 0 Å². The van der Waals surface area contributed by atoms with E-state index in [4.69, 9.17) is 0 Å². The number of rotatable bonds is 0. The van der Waals surface area contributed by atoms with Gasteiger partial charge in [-0.1, -0.05) is 0 Å². The van der Waals surface area contributed by atoms with Crippen LogP contribution < -0.4 is 24.8 Å². The Morgan fingerprint density at radius 2 is 0.750 bits per heavy atom. The van der Waals surface area contributed by atoms with Gasteiger partial charge in [-0.05, 0) is 0 Å². The van der Waals surface area contributed by atoms with E-state index in [9.17, 15) is 0 Å². The molecule has 0 rings (SSSR count). The molecule has 0 aliphatic carbocycles. The van der Waals surface area contributed by atoms with E-state index >= 15 is 0 Å². The van der Waals surface area contributed by atoms with Crippen LogP contribution in [0.1, 0.15) is 0 Å². The topological polar surface area (TPSA) is 0 Å². The van der Waals surface area contributed by atoms with Gasteiger partial charge in [0.05, 0.1) is 0 Å². The van der Waals surface area contributed by atoms with Gasteiger partial charge in [0, 0.05) is 0 Å². The second-order valence-electron chi connectivity index (χ2n) is 0. The van der Waals surface area contributed by atoms with E-state index in [-0.39, 0.29) is 49.6 Å². The molecule has 0 saturated carbocycles. The van der Waals surface area contributed by atoms with Gasteiger partial charge in [-0.15, -0.1) is 0 Å². The zero-order valence-corrected chi connectivity index (χ0v) is 5.00. The molecule has 4 heavy (non-hydrogen) atoms. The SMILES string of the molecule is [Al+3].[CH3-].[Cl-].[Cl-]. The molecule has 24 valence electrons. The summed E-state index contributed by atoms with van der Waals surface area (Å²) in [4.78, 5) is 0. The van der Waals surface area contributed by atoms with Gasteiger partial charge in [-0.3, -0.25) is 0 Å². The minimum Gasteiger partial charge on any atom is -1.00 e. The van der Waals surface area contributed by atoms with Crippen LogP contribution in [0.15, 0.2) is 0 Å². The summed E-state index contributed by atoms with van der Waals surface area (Å²) in [6, 6.07) is 0. The normalized spacial score (nSPS) is 0. The number of hydrogen-bond donors (Lipinski definition) is 0. The Morgan fingerprint density at radius 1 is 0.750 bits per heavy atom. The first-order chi connectivity index (χ1) is 0. The molecule has 0 N–H and O–H groups in total. The van der Waals surface area contributed by atoms with Crippen LogP contribution in [0, 0.1) is 7.43 Å². The van der Waals surface area contributed by atoms with Crippen molar-refractivity contribution in [3.63, 3.8) is 0 Å². The summed E-state index contributed by atoms with van der Waals surface area (Å²) < 4.78 is 0. The second-order valence-corrected chi connectivity index (χ2v) is 0. The fraction of sp³-hybridized carbons (Fsp3) is 0. The smallest absolute Gasteiger partial charge is 1.00 e. The summed E-state index contributed by atoms with van der Waals surface area (Å²) in [5.41, 5.74) is 0. The van der Waals surface area contributed by atoms with Gasteiger partial charge in [0.25, 0.3) is 0 Å². The van der Waals surface area contributed by atoms with E-state index < -0.39 is 0 Å².